The molecule has 3 rings (SSSR count). The van der Waals surface area contributed by atoms with Crippen LogP contribution in [0.1, 0.15) is 43.7 Å². The van der Waals surface area contributed by atoms with Crippen LogP contribution < -0.4 is 0 Å². The first-order valence-corrected chi connectivity index (χ1v) is 6.43. The van der Waals surface area contributed by atoms with Crippen molar-refractivity contribution in [3.8, 4) is 0 Å². The quantitative estimate of drug-likeness (QED) is 0.750. The van der Waals surface area contributed by atoms with Crippen LogP contribution in [0.4, 0.5) is 8.78 Å². The maximum absolute atomic E-state index is 13.3. The molecule has 2 unspecified atom stereocenters. The number of amides is 1. The predicted molar refractivity (Wildman–Crippen MR) is 62.8 cm³/mol. The summed E-state index contributed by atoms with van der Waals surface area (Å²) >= 11 is 0. The second-order valence-corrected chi connectivity index (χ2v) is 5.11. The van der Waals surface area contributed by atoms with Crippen LogP contribution in [0.2, 0.25) is 0 Å². The molecule has 2 nitrogen and oxygen atoms in total. The molecule has 2 aliphatic rings. The number of benzene rings is 1. The number of hydrogen-bond acceptors (Lipinski definition) is 1. The Bertz CT molecular complexity index is 489. The fourth-order valence-corrected chi connectivity index (χ4v) is 3.21. The second kappa shape index (κ2) is 4.34. The van der Waals surface area contributed by atoms with Gasteiger partial charge >= 0.3 is 0 Å². The van der Waals surface area contributed by atoms with E-state index in [9.17, 15) is 13.6 Å². The summed E-state index contributed by atoms with van der Waals surface area (Å²) in [4.78, 5) is 13.8. The number of fused-ring (bicyclic) bond motifs is 1. The molecule has 0 N–H and O–H groups in total. The van der Waals surface area contributed by atoms with Gasteiger partial charge in [-0.3, -0.25) is 4.79 Å². The molecule has 2 atom stereocenters. The van der Waals surface area contributed by atoms with Gasteiger partial charge in [-0.15, -0.1) is 0 Å². The van der Waals surface area contributed by atoms with Crippen LogP contribution in [0.5, 0.6) is 0 Å². The third-order valence-corrected chi connectivity index (χ3v) is 4.05. The Kier molecular flexibility index (Phi) is 2.80. The Morgan fingerprint density at radius 3 is 2.72 bits per heavy atom. The lowest BCUT2D eigenvalue weighted by atomic mass is 9.92. The Labute approximate surface area is 105 Å². The first kappa shape index (κ1) is 11.6. The average molecular weight is 251 g/mol. The molecule has 0 bridgehead atoms. The monoisotopic (exact) mass is 251 g/mol. The van der Waals surface area contributed by atoms with E-state index in [0.29, 0.717) is 18.0 Å². The maximum atomic E-state index is 13.3. The molecule has 2 saturated heterocycles. The first-order valence-electron chi connectivity index (χ1n) is 6.43. The van der Waals surface area contributed by atoms with Crippen molar-refractivity contribution >= 4 is 5.91 Å². The van der Waals surface area contributed by atoms with Crippen LogP contribution >= 0.6 is 0 Å². The van der Waals surface area contributed by atoms with E-state index in [0.717, 1.165) is 31.7 Å². The fraction of sp³-hybridized carbons (Fsp3) is 0.500. The molecule has 0 saturated carbocycles. The minimum Gasteiger partial charge on any atom is -0.333 e. The summed E-state index contributed by atoms with van der Waals surface area (Å²) in [7, 11) is 0. The molecule has 0 radical (unpaired) electrons. The van der Waals surface area contributed by atoms with Crippen LogP contribution in [0, 0.1) is 11.6 Å². The number of piperidine rings is 1. The van der Waals surface area contributed by atoms with Crippen molar-refractivity contribution in [1.82, 2.24) is 4.90 Å². The molecule has 2 aliphatic heterocycles. The van der Waals surface area contributed by atoms with Gasteiger partial charge in [0.15, 0.2) is 11.6 Å². The minimum absolute atomic E-state index is 0.0751. The Hall–Kier alpha value is -1.45. The number of rotatable bonds is 1. The molecular weight excluding hydrogens is 236 g/mol. The van der Waals surface area contributed by atoms with Crippen LogP contribution in [0.3, 0.4) is 0 Å². The molecule has 2 fully saturated rings. The van der Waals surface area contributed by atoms with Gasteiger partial charge in [0.2, 0.25) is 5.91 Å². The summed E-state index contributed by atoms with van der Waals surface area (Å²) in [5, 5.41) is 0. The molecular formula is C14H15F2NO. The zero-order chi connectivity index (χ0) is 12.7. The molecule has 1 amide bonds. The zero-order valence-electron chi connectivity index (χ0n) is 10.0. The summed E-state index contributed by atoms with van der Waals surface area (Å²) in [5.41, 5.74) is 0.717. The van der Waals surface area contributed by atoms with E-state index in [1.54, 1.807) is 6.07 Å². The number of nitrogens with zero attached hydrogens (tertiary/aromatic N) is 1. The van der Waals surface area contributed by atoms with E-state index in [1.165, 1.54) is 6.07 Å². The largest absolute Gasteiger partial charge is 0.333 e. The van der Waals surface area contributed by atoms with Crippen molar-refractivity contribution in [2.75, 3.05) is 0 Å². The van der Waals surface area contributed by atoms with Crippen molar-refractivity contribution in [2.45, 2.75) is 44.2 Å². The van der Waals surface area contributed by atoms with E-state index in [4.69, 9.17) is 0 Å². The Balaban J connectivity index is 1.94. The molecule has 2 heterocycles. The SMILES string of the molecule is O=C1CCC2CCCC(c3ccc(F)c(F)c3)N12. The lowest BCUT2D eigenvalue weighted by Gasteiger charge is -2.38. The Morgan fingerprint density at radius 2 is 1.94 bits per heavy atom. The van der Waals surface area contributed by atoms with Crippen LogP contribution in [-0.4, -0.2) is 16.8 Å². The molecule has 0 aliphatic carbocycles. The molecule has 0 aromatic heterocycles. The van der Waals surface area contributed by atoms with Gasteiger partial charge in [-0.2, -0.15) is 0 Å². The highest BCUT2D eigenvalue weighted by atomic mass is 19.2. The molecule has 0 spiro atoms. The maximum Gasteiger partial charge on any atom is 0.223 e. The standard InChI is InChI=1S/C14H15F2NO/c15-11-6-4-9(8-12(11)16)13-3-1-2-10-5-7-14(18)17(10)13/h4,6,8,10,13H,1-3,5,7H2. The highest BCUT2D eigenvalue weighted by Gasteiger charge is 2.39. The third-order valence-electron chi connectivity index (χ3n) is 4.05. The lowest BCUT2D eigenvalue weighted by molar-refractivity contribution is -0.132. The fourth-order valence-electron chi connectivity index (χ4n) is 3.21. The van der Waals surface area contributed by atoms with Gasteiger partial charge in [-0.25, -0.2) is 8.78 Å². The zero-order valence-corrected chi connectivity index (χ0v) is 10.0. The van der Waals surface area contributed by atoms with Gasteiger partial charge in [0, 0.05) is 12.5 Å². The van der Waals surface area contributed by atoms with Crippen molar-refractivity contribution in [1.29, 1.82) is 0 Å². The molecule has 1 aromatic carbocycles. The highest BCUT2D eigenvalue weighted by Crippen LogP contribution is 2.40. The van der Waals surface area contributed by atoms with E-state index >= 15 is 0 Å². The van der Waals surface area contributed by atoms with Gasteiger partial charge in [0.05, 0.1) is 6.04 Å². The van der Waals surface area contributed by atoms with Gasteiger partial charge in [-0.05, 0) is 43.4 Å². The third kappa shape index (κ3) is 1.80. The van der Waals surface area contributed by atoms with Crippen LogP contribution in [0.25, 0.3) is 0 Å². The number of hydrogen-bond donors (Lipinski definition) is 0. The van der Waals surface area contributed by atoms with Crippen LogP contribution in [-0.2, 0) is 4.79 Å². The normalized spacial score (nSPS) is 27.4. The summed E-state index contributed by atoms with van der Waals surface area (Å²) < 4.78 is 26.3. The van der Waals surface area contributed by atoms with Gasteiger partial charge < -0.3 is 4.90 Å². The van der Waals surface area contributed by atoms with E-state index in [1.807, 2.05) is 4.90 Å². The summed E-state index contributed by atoms with van der Waals surface area (Å²) in [6.07, 6.45) is 4.40. The topological polar surface area (TPSA) is 20.3 Å². The van der Waals surface area contributed by atoms with E-state index in [-0.39, 0.29) is 11.9 Å². The van der Waals surface area contributed by atoms with Crippen molar-refractivity contribution < 1.29 is 13.6 Å². The molecule has 4 heteroatoms. The summed E-state index contributed by atoms with van der Waals surface area (Å²) in [5.74, 6) is -1.52. The molecule has 96 valence electrons. The second-order valence-electron chi connectivity index (χ2n) is 5.11. The van der Waals surface area contributed by atoms with Crippen LogP contribution in [0.15, 0.2) is 18.2 Å². The van der Waals surface area contributed by atoms with Gasteiger partial charge in [0.25, 0.3) is 0 Å². The van der Waals surface area contributed by atoms with Crippen molar-refractivity contribution in [2.24, 2.45) is 0 Å². The smallest absolute Gasteiger partial charge is 0.223 e. The lowest BCUT2D eigenvalue weighted by Crippen LogP contribution is -2.39. The average Bonchev–Trinajstić information content (AvgIpc) is 2.75. The molecule has 1 aromatic rings. The first-order chi connectivity index (χ1) is 8.66. The van der Waals surface area contributed by atoms with Gasteiger partial charge in [-0.1, -0.05) is 6.07 Å². The highest BCUT2D eigenvalue weighted by molar-refractivity contribution is 5.79. The number of carbonyl (C=O) groups excluding carboxylic acids is 1. The summed E-state index contributed by atoms with van der Waals surface area (Å²) in [6.45, 7) is 0. The van der Waals surface area contributed by atoms with Crippen molar-refractivity contribution in [3.05, 3.63) is 35.4 Å². The minimum atomic E-state index is -0.834. The van der Waals surface area contributed by atoms with E-state index in [2.05, 4.69) is 0 Å². The van der Waals surface area contributed by atoms with E-state index < -0.39 is 11.6 Å². The van der Waals surface area contributed by atoms with Gasteiger partial charge in [0.1, 0.15) is 0 Å². The Morgan fingerprint density at radius 1 is 1.11 bits per heavy atom. The number of halogens is 2. The number of carbonyl (C=O) groups is 1. The molecule has 18 heavy (non-hydrogen) atoms. The van der Waals surface area contributed by atoms with Crippen molar-refractivity contribution in [3.63, 3.8) is 0 Å². The predicted octanol–water partition coefficient (Wildman–Crippen LogP) is 3.18. The summed E-state index contributed by atoms with van der Waals surface area (Å²) in [6, 6.07) is 4.19.